The molecule has 3 nitrogen and oxygen atoms in total. The lowest BCUT2D eigenvalue weighted by molar-refractivity contribution is -0.140. The van der Waals surface area contributed by atoms with E-state index in [0.29, 0.717) is 19.4 Å². The molecular formula is C16H22O3. The third kappa shape index (κ3) is 2.81. The summed E-state index contributed by atoms with van der Waals surface area (Å²) in [5.74, 6) is 1.35. The number of para-hydroxylation sites is 1. The van der Waals surface area contributed by atoms with Crippen LogP contribution < -0.4 is 4.74 Å². The van der Waals surface area contributed by atoms with Crippen molar-refractivity contribution in [1.29, 1.82) is 0 Å². The highest BCUT2D eigenvalue weighted by Gasteiger charge is 2.34. The van der Waals surface area contributed by atoms with Crippen LogP contribution in [0.1, 0.15) is 44.6 Å². The molecule has 1 aromatic rings. The molecule has 2 rings (SSSR count). The van der Waals surface area contributed by atoms with E-state index in [1.165, 1.54) is 0 Å². The lowest BCUT2D eigenvalue weighted by atomic mass is 9.84. The van der Waals surface area contributed by atoms with Gasteiger partial charge in [0, 0.05) is 13.5 Å². The van der Waals surface area contributed by atoms with Crippen LogP contribution in [0.4, 0.5) is 0 Å². The number of Topliss-reactive ketones (excluding diaryl/α,β-unsaturated/α-hetero) is 1. The van der Waals surface area contributed by atoms with Gasteiger partial charge in [0.15, 0.2) is 5.78 Å². The maximum atomic E-state index is 12.4. The van der Waals surface area contributed by atoms with Gasteiger partial charge in [-0.25, -0.2) is 0 Å². The Morgan fingerprint density at radius 2 is 2.21 bits per heavy atom. The molecule has 0 bridgehead atoms. The summed E-state index contributed by atoms with van der Waals surface area (Å²) >= 11 is 0. The van der Waals surface area contributed by atoms with Crippen molar-refractivity contribution in [3.05, 3.63) is 29.8 Å². The van der Waals surface area contributed by atoms with Gasteiger partial charge in [0.25, 0.3) is 0 Å². The average molecular weight is 262 g/mol. The summed E-state index contributed by atoms with van der Waals surface area (Å²) < 4.78 is 11.0. The van der Waals surface area contributed by atoms with Crippen molar-refractivity contribution in [1.82, 2.24) is 0 Å². The molecule has 0 fully saturated rings. The van der Waals surface area contributed by atoms with Gasteiger partial charge in [-0.1, -0.05) is 25.1 Å². The molecule has 0 amide bonds. The molecule has 3 heteroatoms. The van der Waals surface area contributed by atoms with Crippen molar-refractivity contribution in [3.8, 4) is 5.75 Å². The van der Waals surface area contributed by atoms with Gasteiger partial charge in [0.05, 0.1) is 6.61 Å². The molecular weight excluding hydrogens is 240 g/mol. The molecule has 2 unspecified atom stereocenters. The molecule has 0 spiro atoms. The Bertz CT molecular complexity index is 449. The van der Waals surface area contributed by atoms with Crippen molar-refractivity contribution in [2.45, 2.75) is 44.6 Å². The Kier molecular flexibility index (Phi) is 4.25. The van der Waals surface area contributed by atoms with Crippen molar-refractivity contribution in [2.75, 3.05) is 13.7 Å². The number of ether oxygens (including phenoxy) is 2. The quantitative estimate of drug-likeness (QED) is 0.816. The van der Waals surface area contributed by atoms with Crippen LogP contribution in [-0.2, 0) is 9.53 Å². The number of fused-ring (bicyclic) bond motifs is 1. The second-order valence-corrected chi connectivity index (χ2v) is 5.29. The maximum absolute atomic E-state index is 12.4. The molecule has 19 heavy (non-hydrogen) atoms. The molecule has 1 aromatic carbocycles. The van der Waals surface area contributed by atoms with Crippen LogP contribution in [0.3, 0.4) is 0 Å². The highest BCUT2D eigenvalue weighted by Crippen LogP contribution is 2.37. The van der Waals surface area contributed by atoms with E-state index in [2.05, 4.69) is 6.07 Å². The molecule has 0 saturated heterocycles. The predicted molar refractivity (Wildman–Crippen MR) is 74.6 cm³/mol. The van der Waals surface area contributed by atoms with Crippen LogP contribution >= 0.6 is 0 Å². The number of methoxy groups -OCH3 is 1. The second kappa shape index (κ2) is 5.74. The first kappa shape index (κ1) is 14.1. The lowest BCUT2D eigenvalue weighted by Gasteiger charge is -2.30. The highest BCUT2D eigenvalue weighted by molar-refractivity contribution is 5.87. The zero-order chi connectivity index (χ0) is 13.9. The number of rotatable bonds is 5. The summed E-state index contributed by atoms with van der Waals surface area (Å²) in [6.07, 6.45) is 2.12. The van der Waals surface area contributed by atoms with E-state index in [4.69, 9.17) is 9.47 Å². The maximum Gasteiger partial charge on any atom is 0.164 e. The van der Waals surface area contributed by atoms with Crippen LogP contribution in [0.15, 0.2) is 24.3 Å². The lowest BCUT2D eigenvalue weighted by Crippen LogP contribution is -2.38. The number of hydrogen-bond donors (Lipinski definition) is 0. The Labute approximate surface area is 114 Å². The number of carbonyl (C=O) groups is 1. The van der Waals surface area contributed by atoms with Gasteiger partial charge < -0.3 is 9.47 Å². The summed E-state index contributed by atoms with van der Waals surface area (Å²) in [6.45, 7) is 4.55. The third-order valence-corrected chi connectivity index (χ3v) is 4.23. The molecule has 0 aliphatic carbocycles. The first-order valence-corrected chi connectivity index (χ1v) is 6.91. The van der Waals surface area contributed by atoms with Crippen LogP contribution in [0, 0.1) is 0 Å². The van der Waals surface area contributed by atoms with Crippen LogP contribution in [0.2, 0.25) is 0 Å². The fourth-order valence-electron chi connectivity index (χ4n) is 2.52. The number of benzene rings is 1. The van der Waals surface area contributed by atoms with E-state index in [9.17, 15) is 4.79 Å². The van der Waals surface area contributed by atoms with Crippen LogP contribution in [0.25, 0.3) is 0 Å². The van der Waals surface area contributed by atoms with Crippen molar-refractivity contribution in [2.24, 2.45) is 0 Å². The third-order valence-electron chi connectivity index (χ3n) is 4.23. The molecule has 0 saturated carbocycles. The molecule has 1 heterocycles. The standard InChI is InChI=1S/C16H22O3/c1-4-16(2,18-3)15(17)11-12-9-10-19-14-8-6-5-7-13(12)14/h5-8,12H,4,9-11H2,1-3H3. The zero-order valence-electron chi connectivity index (χ0n) is 11.9. The Morgan fingerprint density at radius 1 is 1.47 bits per heavy atom. The second-order valence-electron chi connectivity index (χ2n) is 5.29. The van der Waals surface area contributed by atoms with Gasteiger partial charge in [-0.05, 0) is 37.3 Å². The van der Waals surface area contributed by atoms with E-state index >= 15 is 0 Å². The summed E-state index contributed by atoms with van der Waals surface area (Å²) in [7, 11) is 1.61. The molecule has 104 valence electrons. The largest absolute Gasteiger partial charge is 0.493 e. The van der Waals surface area contributed by atoms with Gasteiger partial charge in [-0.15, -0.1) is 0 Å². The zero-order valence-corrected chi connectivity index (χ0v) is 11.9. The SMILES string of the molecule is CCC(C)(OC)C(=O)CC1CCOc2ccccc21. The minimum Gasteiger partial charge on any atom is -0.493 e. The molecule has 0 radical (unpaired) electrons. The first-order chi connectivity index (χ1) is 9.10. The fraction of sp³-hybridized carbons (Fsp3) is 0.562. The molecule has 0 aromatic heterocycles. The summed E-state index contributed by atoms with van der Waals surface area (Å²) in [5, 5.41) is 0. The number of ketones is 1. The van der Waals surface area contributed by atoms with Crippen LogP contribution in [-0.4, -0.2) is 25.1 Å². The molecule has 0 N–H and O–H groups in total. The van der Waals surface area contributed by atoms with Gasteiger partial charge in [-0.3, -0.25) is 4.79 Å². The Balaban J connectivity index is 2.15. The predicted octanol–water partition coefficient (Wildman–Crippen LogP) is 3.33. The Hall–Kier alpha value is -1.35. The van der Waals surface area contributed by atoms with E-state index < -0.39 is 5.60 Å². The van der Waals surface area contributed by atoms with Crippen LogP contribution in [0.5, 0.6) is 5.75 Å². The minimum atomic E-state index is -0.659. The molecule has 1 aliphatic rings. The van der Waals surface area contributed by atoms with Crippen molar-refractivity contribution < 1.29 is 14.3 Å². The van der Waals surface area contributed by atoms with Crippen molar-refractivity contribution >= 4 is 5.78 Å². The number of carbonyl (C=O) groups excluding carboxylic acids is 1. The van der Waals surface area contributed by atoms with Gasteiger partial charge in [0.1, 0.15) is 11.4 Å². The Morgan fingerprint density at radius 3 is 2.89 bits per heavy atom. The summed E-state index contributed by atoms with van der Waals surface area (Å²) in [4.78, 5) is 12.4. The topological polar surface area (TPSA) is 35.5 Å². The van der Waals surface area contributed by atoms with Gasteiger partial charge >= 0.3 is 0 Å². The highest BCUT2D eigenvalue weighted by atomic mass is 16.5. The smallest absolute Gasteiger partial charge is 0.164 e. The van der Waals surface area contributed by atoms with Crippen molar-refractivity contribution in [3.63, 3.8) is 0 Å². The summed E-state index contributed by atoms with van der Waals surface area (Å²) in [5.41, 5.74) is 0.490. The fourth-order valence-corrected chi connectivity index (χ4v) is 2.52. The van der Waals surface area contributed by atoms with Gasteiger partial charge in [-0.2, -0.15) is 0 Å². The van der Waals surface area contributed by atoms with E-state index in [-0.39, 0.29) is 11.7 Å². The molecule has 2 atom stereocenters. The summed E-state index contributed by atoms with van der Waals surface area (Å²) in [6, 6.07) is 8.00. The van der Waals surface area contributed by atoms with E-state index in [1.54, 1.807) is 7.11 Å². The average Bonchev–Trinajstić information content (AvgIpc) is 2.46. The minimum absolute atomic E-state index is 0.180. The normalized spacial score (nSPS) is 21.1. The first-order valence-electron chi connectivity index (χ1n) is 6.91. The monoisotopic (exact) mass is 262 g/mol. The van der Waals surface area contributed by atoms with E-state index in [0.717, 1.165) is 17.7 Å². The van der Waals surface area contributed by atoms with E-state index in [1.807, 2.05) is 32.0 Å². The number of hydrogen-bond acceptors (Lipinski definition) is 3. The molecule has 1 aliphatic heterocycles. The van der Waals surface area contributed by atoms with Gasteiger partial charge in [0.2, 0.25) is 0 Å².